The van der Waals surface area contributed by atoms with Crippen molar-refractivity contribution in [2.75, 3.05) is 72.2 Å². The number of phenolic OH excluding ortho intramolecular Hbond substituents is 2. The van der Waals surface area contributed by atoms with Gasteiger partial charge in [0, 0.05) is 39.3 Å². The molecule has 0 unspecified atom stereocenters. The third-order valence-corrected chi connectivity index (χ3v) is 5.29. The second-order valence-corrected chi connectivity index (χ2v) is 7.42. The normalized spacial score (nSPS) is 17.8. The highest BCUT2D eigenvalue weighted by Gasteiger charge is 2.26. The number of carbonyl (C=O) groups is 2. The summed E-state index contributed by atoms with van der Waals surface area (Å²) in [5.41, 5.74) is 0.368. The fourth-order valence-electron chi connectivity index (χ4n) is 3.46. The van der Waals surface area contributed by atoms with E-state index in [0.29, 0.717) is 58.2 Å². The molecule has 0 radical (unpaired) electrons. The number of hydrogen-bond acceptors (Lipinski definition) is 7. The molecule has 2 fully saturated rings. The number of amides is 4. The molecule has 0 saturated carbocycles. The molecule has 0 aromatic heterocycles. The van der Waals surface area contributed by atoms with Crippen LogP contribution in [-0.4, -0.2) is 114 Å². The fraction of sp³-hybridized carbons (Fsp3) is 0.600. The van der Waals surface area contributed by atoms with Gasteiger partial charge >= 0.3 is 12.1 Å². The molecule has 0 spiro atoms. The highest BCUT2D eigenvalue weighted by Crippen LogP contribution is 2.28. The molecule has 3 rings (SSSR count). The van der Waals surface area contributed by atoms with Gasteiger partial charge in [-0.25, -0.2) is 9.59 Å². The quantitative estimate of drug-likeness (QED) is 0.457. The number of urea groups is 2. The van der Waals surface area contributed by atoms with Crippen molar-refractivity contribution >= 4 is 12.1 Å². The molecule has 4 amide bonds. The average molecular weight is 438 g/mol. The van der Waals surface area contributed by atoms with Crippen LogP contribution in [0.2, 0.25) is 0 Å². The summed E-state index contributed by atoms with van der Waals surface area (Å²) in [5.74, 6) is -0.636. The number of aliphatic hydroxyl groups is 1. The first-order valence-electron chi connectivity index (χ1n) is 10.4. The molecule has 31 heavy (non-hydrogen) atoms. The molecule has 2 heterocycles. The molecule has 11 heteroatoms. The number of hydrogen-bond donors (Lipinski definition) is 4. The average Bonchev–Trinajstić information content (AvgIpc) is 2.80. The summed E-state index contributed by atoms with van der Waals surface area (Å²) in [6.07, 6.45) is -1.08. The van der Waals surface area contributed by atoms with Crippen LogP contribution in [0.5, 0.6) is 11.5 Å². The zero-order valence-corrected chi connectivity index (χ0v) is 17.4. The Balaban J connectivity index is 1.61. The van der Waals surface area contributed by atoms with Crippen LogP contribution in [0, 0.1) is 0 Å². The standard InChI is InChI=1S/C20H30N4O7/c25-16-2-1-15(13-17(16)26)18(27)14-24(20(29)23-7-11-31-12-8-23)4-3-21-19(28)22-5-9-30-10-6-22/h1-2,13,18,25-27H,3-12,14H2,(H,21,28)/t18-/m0/s1. The van der Waals surface area contributed by atoms with E-state index in [1.807, 2.05) is 0 Å². The number of carbonyl (C=O) groups excluding carboxylic acids is 2. The Hall–Kier alpha value is -2.76. The topological polar surface area (TPSA) is 135 Å². The van der Waals surface area contributed by atoms with Crippen molar-refractivity contribution in [1.29, 1.82) is 0 Å². The summed E-state index contributed by atoms with van der Waals surface area (Å²) >= 11 is 0. The van der Waals surface area contributed by atoms with Gasteiger partial charge in [-0.1, -0.05) is 6.07 Å². The maximum atomic E-state index is 13.0. The maximum absolute atomic E-state index is 13.0. The molecule has 11 nitrogen and oxygen atoms in total. The van der Waals surface area contributed by atoms with E-state index in [4.69, 9.17) is 9.47 Å². The Morgan fingerprint density at radius 2 is 1.61 bits per heavy atom. The van der Waals surface area contributed by atoms with Gasteiger partial charge in [0.15, 0.2) is 11.5 Å². The number of aliphatic hydroxyl groups excluding tert-OH is 1. The number of nitrogens with zero attached hydrogens (tertiary/aromatic N) is 3. The lowest BCUT2D eigenvalue weighted by Gasteiger charge is -2.34. The van der Waals surface area contributed by atoms with Gasteiger partial charge in [0.1, 0.15) is 0 Å². The second-order valence-electron chi connectivity index (χ2n) is 7.42. The van der Waals surface area contributed by atoms with Crippen molar-refractivity contribution < 1.29 is 34.4 Å². The van der Waals surface area contributed by atoms with Crippen LogP contribution in [0.25, 0.3) is 0 Å². The van der Waals surface area contributed by atoms with Gasteiger partial charge in [0.05, 0.1) is 39.1 Å². The summed E-state index contributed by atoms with van der Waals surface area (Å²) in [7, 11) is 0. The highest BCUT2D eigenvalue weighted by atomic mass is 16.5. The van der Waals surface area contributed by atoms with Crippen LogP contribution in [0.4, 0.5) is 9.59 Å². The second kappa shape index (κ2) is 11.0. The van der Waals surface area contributed by atoms with Crippen LogP contribution in [0.3, 0.4) is 0 Å². The number of aromatic hydroxyl groups is 2. The minimum Gasteiger partial charge on any atom is -0.504 e. The Labute approximate surface area is 180 Å². The van der Waals surface area contributed by atoms with Crippen molar-refractivity contribution in [3.05, 3.63) is 23.8 Å². The Morgan fingerprint density at radius 3 is 2.23 bits per heavy atom. The summed E-state index contributed by atoms with van der Waals surface area (Å²) in [4.78, 5) is 30.1. The molecule has 2 saturated heterocycles. The summed E-state index contributed by atoms with van der Waals surface area (Å²) < 4.78 is 10.5. The van der Waals surface area contributed by atoms with Crippen LogP contribution >= 0.6 is 0 Å². The van der Waals surface area contributed by atoms with E-state index >= 15 is 0 Å². The first-order chi connectivity index (χ1) is 15.0. The number of rotatable bonds is 6. The van der Waals surface area contributed by atoms with Crippen molar-refractivity contribution in [2.24, 2.45) is 0 Å². The van der Waals surface area contributed by atoms with Gasteiger partial charge in [-0.05, 0) is 17.7 Å². The van der Waals surface area contributed by atoms with E-state index in [2.05, 4.69) is 5.32 Å². The zero-order valence-electron chi connectivity index (χ0n) is 17.4. The molecule has 4 N–H and O–H groups in total. The van der Waals surface area contributed by atoms with Crippen LogP contribution in [0.15, 0.2) is 18.2 Å². The third-order valence-electron chi connectivity index (χ3n) is 5.29. The number of morpholine rings is 2. The Bertz CT molecular complexity index is 751. The van der Waals surface area contributed by atoms with Gasteiger partial charge in [0.25, 0.3) is 0 Å². The number of phenols is 2. The van der Waals surface area contributed by atoms with Gasteiger partial charge in [-0.15, -0.1) is 0 Å². The molecule has 172 valence electrons. The SMILES string of the molecule is O=C(NCCN(C[C@H](O)c1ccc(O)c(O)c1)C(=O)N1CCOCC1)N1CCOCC1. The predicted octanol–water partition coefficient (Wildman–Crippen LogP) is -0.0728. The molecule has 2 aliphatic heterocycles. The molecule has 0 aliphatic carbocycles. The lowest BCUT2D eigenvalue weighted by atomic mass is 10.1. The van der Waals surface area contributed by atoms with E-state index in [1.165, 1.54) is 23.1 Å². The van der Waals surface area contributed by atoms with E-state index in [-0.39, 0.29) is 43.2 Å². The van der Waals surface area contributed by atoms with E-state index in [9.17, 15) is 24.9 Å². The van der Waals surface area contributed by atoms with Gasteiger partial charge in [-0.2, -0.15) is 0 Å². The summed E-state index contributed by atoms with van der Waals surface area (Å²) in [6.45, 7) is 4.22. The highest BCUT2D eigenvalue weighted by molar-refractivity contribution is 5.75. The Morgan fingerprint density at radius 1 is 1.00 bits per heavy atom. The number of benzene rings is 1. The Kier molecular flexibility index (Phi) is 8.15. The molecular formula is C20H30N4O7. The number of ether oxygens (including phenoxy) is 2. The summed E-state index contributed by atoms with van der Waals surface area (Å²) in [6, 6.07) is 3.55. The van der Waals surface area contributed by atoms with Crippen molar-refractivity contribution in [3.63, 3.8) is 0 Å². The van der Waals surface area contributed by atoms with E-state index in [0.717, 1.165) is 0 Å². The smallest absolute Gasteiger partial charge is 0.320 e. The minimum absolute atomic E-state index is 0.0339. The van der Waals surface area contributed by atoms with Crippen LogP contribution < -0.4 is 5.32 Å². The lowest BCUT2D eigenvalue weighted by Crippen LogP contribution is -2.52. The summed E-state index contributed by atoms with van der Waals surface area (Å²) in [5, 5.41) is 32.6. The molecule has 2 aliphatic rings. The van der Waals surface area contributed by atoms with Crippen LogP contribution in [0.1, 0.15) is 11.7 Å². The zero-order chi connectivity index (χ0) is 22.2. The maximum Gasteiger partial charge on any atom is 0.320 e. The molecule has 1 atom stereocenters. The van der Waals surface area contributed by atoms with Crippen molar-refractivity contribution in [2.45, 2.75) is 6.10 Å². The first-order valence-corrected chi connectivity index (χ1v) is 10.4. The lowest BCUT2D eigenvalue weighted by molar-refractivity contribution is 0.0373. The molecule has 1 aromatic carbocycles. The van der Waals surface area contributed by atoms with Gasteiger partial charge in [0.2, 0.25) is 0 Å². The van der Waals surface area contributed by atoms with E-state index < -0.39 is 6.10 Å². The molecule has 0 bridgehead atoms. The van der Waals surface area contributed by atoms with Crippen LogP contribution in [-0.2, 0) is 9.47 Å². The first kappa shape index (κ1) is 22.9. The number of nitrogens with one attached hydrogen (secondary N) is 1. The van der Waals surface area contributed by atoms with Gasteiger partial charge in [-0.3, -0.25) is 0 Å². The molecule has 1 aromatic rings. The van der Waals surface area contributed by atoms with Gasteiger partial charge < -0.3 is 44.8 Å². The van der Waals surface area contributed by atoms with E-state index in [1.54, 1.807) is 9.80 Å². The molecular weight excluding hydrogens is 408 g/mol. The predicted molar refractivity (Wildman–Crippen MR) is 110 cm³/mol. The third kappa shape index (κ3) is 6.36. The minimum atomic E-state index is -1.08. The fourth-order valence-corrected chi connectivity index (χ4v) is 3.46. The van der Waals surface area contributed by atoms with Crippen molar-refractivity contribution in [1.82, 2.24) is 20.0 Å². The largest absolute Gasteiger partial charge is 0.504 e. The van der Waals surface area contributed by atoms with Crippen molar-refractivity contribution in [3.8, 4) is 11.5 Å². The monoisotopic (exact) mass is 438 g/mol.